The zero-order chi connectivity index (χ0) is 21.2. The molecule has 1 aromatic carbocycles. The van der Waals surface area contributed by atoms with Gasteiger partial charge in [0.1, 0.15) is 11.6 Å². The van der Waals surface area contributed by atoms with Crippen LogP contribution in [-0.4, -0.2) is 52.8 Å². The van der Waals surface area contributed by atoms with Gasteiger partial charge in [-0.15, -0.1) is 11.6 Å². The van der Waals surface area contributed by atoms with Gasteiger partial charge in [-0.25, -0.2) is 9.97 Å². The Bertz CT molecular complexity index is 875. The highest BCUT2D eigenvalue weighted by Crippen LogP contribution is 2.27. The Morgan fingerprint density at radius 3 is 2.28 bits per heavy atom. The average Bonchev–Trinajstić information content (AvgIpc) is 2.71. The molecule has 5 nitrogen and oxygen atoms in total. The van der Waals surface area contributed by atoms with Crippen LogP contribution in [0.3, 0.4) is 0 Å². The fourth-order valence-corrected chi connectivity index (χ4v) is 3.84. The summed E-state index contributed by atoms with van der Waals surface area (Å²) in [6.07, 6.45) is 0.747. The van der Waals surface area contributed by atoms with Crippen molar-refractivity contribution in [3.8, 4) is 0 Å². The van der Waals surface area contributed by atoms with E-state index in [1.165, 1.54) is 5.56 Å². The molecule has 0 spiro atoms. The molecule has 29 heavy (non-hydrogen) atoms. The zero-order valence-corrected chi connectivity index (χ0v) is 19.0. The van der Waals surface area contributed by atoms with Crippen molar-refractivity contribution in [3.05, 3.63) is 51.9 Å². The van der Waals surface area contributed by atoms with E-state index >= 15 is 0 Å². The summed E-state index contributed by atoms with van der Waals surface area (Å²) in [5.74, 6) is 2.16. The van der Waals surface area contributed by atoms with Crippen LogP contribution in [-0.2, 0) is 11.2 Å². The quantitative estimate of drug-likeness (QED) is 0.659. The molecule has 2 aromatic rings. The Morgan fingerprint density at radius 1 is 1.07 bits per heavy atom. The Labute approximate surface area is 183 Å². The molecule has 0 atom stereocenters. The number of benzene rings is 1. The van der Waals surface area contributed by atoms with Crippen molar-refractivity contribution in [1.29, 1.82) is 0 Å². The van der Waals surface area contributed by atoms with Crippen LogP contribution >= 0.6 is 23.2 Å². The van der Waals surface area contributed by atoms with Crippen LogP contribution in [0.5, 0.6) is 0 Å². The Balaban J connectivity index is 1.80. The van der Waals surface area contributed by atoms with Crippen molar-refractivity contribution in [2.45, 2.75) is 34.1 Å². The molecule has 1 fully saturated rings. The molecule has 156 valence electrons. The topological polar surface area (TPSA) is 49.3 Å². The second-order valence-corrected chi connectivity index (χ2v) is 8.96. The molecule has 3 rings (SSSR count). The third kappa shape index (κ3) is 5.01. The predicted octanol–water partition coefficient (Wildman–Crippen LogP) is 4.25. The highest BCUT2D eigenvalue weighted by Gasteiger charge is 2.33. The Kier molecular flexibility index (Phi) is 6.69. The van der Waals surface area contributed by atoms with Crippen LogP contribution in [0.1, 0.15) is 36.5 Å². The van der Waals surface area contributed by atoms with E-state index in [0.717, 1.165) is 47.4 Å². The molecule has 1 saturated heterocycles. The van der Waals surface area contributed by atoms with Gasteiger partial charge < -0.3 is 9.80 Å². The monoisotopic (exact) mass is 434 g/mol. The molecular formula is C22H28Cl2N4O. The van der Waals surface area contributed by atoms with Gasteiger partial charge in [0.15, 0.2) is 0 Å². The van der Waals surface area contributed by atoms with Crippen LogP contribution in [0.25, 0.3) is 0 Å². The van der Waals surface area contributed by atoms with Crippen LogP contribution in [0.2, 0.25) is 5.02 Å². The number of amides is 1. The van der Waals surface area contributed by atoms with Crippen LogP contribution < -0.4 is 4.90 Å². The molecule has 7 heteroatoms. The number of carbonyl (C=O) groups is 1. The van der Waals surface area contributed by atoms with Gasteiger partial charge in [0, 0.05) is 54.8 Å². The lowest BCUT2D eigenvalue weighted by Crippen LogP contribution is -2.53. The summed E-state index contributed by atoms with van der Waals surface area (Å²) in [6, 6.07) is 7.89. The van der Waals surface area contributed by atoms with Gasteiger partial charge in [-0.2, -0.15) is 0 Å². The molecular weight excluding hydrogens is 407 g/mol. The van der Waals surface area contributed by atoms with Crippen molar-refractivity contribution in [2.75, 3.05) is 37.0 Å². The summed E-state index contributed by atoms with van der Waals surface area (Å²) in [5.41, 5.74) is 2.75. The number of alkyl halides is 1. The molecule has 1 amide bonds. The first-order valence-electron chi connectivity index (χ1n) is 9.90. The minimum Gasteiger partial charge on any atom is -0.353 e. The summed E-state index contributed by atoms with van der Waals surface area (Å²) < 4.78 is 0. The number of rotatable bonds is 5. The maximum atomic E-state index is 12.7. The minimum absolute atomic E-state index is 0.114. The average molecular weight is 435 g/mol. The number of aromatic nitrogens is 2. The van der Waals surface area contributed by atoms with Gasteiger partial charge >= 0.3 is 0 Å². The fourth-order valence-electron chi connectivity index (χ4n) is 3.60. The SMILES string of the molecule is Cc1nc(C)c(Cc2ccc(Cl)cc2)c(N2CCN(C(=O)C(C)(C)CCl)CC2)n1. The van der Waals surface area contributed by atoms with E-state index in [1.807, 2.05) is 56.9 Å². The summed E-state index contributed by atoms with van der Waals surface area (Å²) in [6.45, 7) is 10.6. The highest BCUT2D eigenvalue weighted by molar-refractivity contribution is 6.30. The Hall–Kier alpha value is -1.85. The molecule has 2 heterocycles. The lowest BCUT2D eigenvalue weighted by atomic mass is 9.94. The molecule has 1 aromatic heterocycles. The number of carbonyl (C=O) groups excluding carboxylic acids is 1. The summed E-state index contributed by atoms with van der Waals surface area (Å²) >= 11 is 12.0. The number of aryl methyl sites for hydroxylation is 2. The number of halogens is 2. The van der Waals surface area contributed by atoms with Crippen molar-refractivity contribution in [2.24, 2.45) is 5.41 Å². The molecule has 0 radical (unpaired) electrons. The van der Waals surface area contributed by atoms with Crippen LogP contribution in [0.4, 0.5) is 5.82 Å². The van der Waals surface area contributed by atoms with E-state index in [9.17, 15) is 4.79 Å². The van der Waals surface area contributed by atoms with E-state index in [1.54, 1.807) is 0 Å². The highest BCUT2D eigenvalue weighted by atomic mass is 35.5. The molecule has 0 N–H and O–H groups in total. The zero-order valence-electron chi connectivity index (χ0n) is 17.5. The number of hydrogen-bond donors (Lipinski definition) is 0. The lowest BCUT2D eigenvalue weighted by Gasteiger charge is -2.39. The number of piperazine rings is 1. The van der Waals surface area contributed by atoms with Crippen molar-refractivity contribution < 1.29 is 4.79 Å². The molecule has 1 aliphatic rings. The first kappa shape index (κ1) is 21.8. The molecule has 0 bridgehead atoms. The van der Waals surface area contributed by atoms with E-state index in [2.05, 4.69) is 9.88 Å². The molecule has 0 unspecified atom stereocenters. The summed E-state index contributed by atoms with van der Waals surface area (Å²) in [4.78, 5) is 26.3. The van der Waals surface area contributed by atoms with Crippen LogP contribution in [0.15, 0.2) is 24.3 Å². The number of anilines is 1. The first-order valence-corrected chi connectivity index (χ1v) is 10.8. The number of hydrogen-bond acceptors (Lipinski definition) is 4. The normalized spacial score (nSPS) is 15.0. The molecule has 0 saturated carbocycles. The third-order valence-electron chi connectivity index (χ3n) is 5.38. The Morgan fingerprint density at radius 2 is 1.69 bits per heavy atom. The largest absolute Gasteiger partial charge is 0.353 e. The predicted molar refractivity (Wildman–Crippen MR) is 119 cm³/mol. The van der Waals surface area contributed by atoms with Gasteiger partial charge in [0.05, 0.1) is 5.41 Å². The smallest absolute Gasteiger partial charge is 0.229 e. The van der Waals surface area contributed by atoms with Gasteiger partial charge in [-0.05, 0) is 45.4 Å². The van der Waals surface area contributed by atoms with Gasteiger partial charge in [-0.1, -0.05) is 23.7 Å². The van der Waals surface area contributed by atoms with Crippen LogP contribution in [0, 0.1) is 19.3 Å². The third-order valence-corrected chi connectivity index (χ3v) is 6.30. The van der Waals surface area contributed by atoms with E-state index in [4.69, 9.17) is 28.2 Å². The van der Waals surface area contributed by atoms with Gasteiger partial charge in [0.2, 0.25) is 5.91 Å². The second-order valence-electron chi connectivity index (χ2n) is 8.26. The van der Waals surface area contributed by atoms with E-state index < -0.39 is 5.41 Å². The molecule has 1 aliphatic heterocycles. The van der Waals surface area contributed by atoms with Crippen molar-refractivity contribution in [1.82, 2.24) is 14.9 Å². The molecule has 0 aliphatic carbocycles. The van der Waals surface area contributed by atoms with Crippen molar-refractivity contribution in [3.63, 3.8) is 0 Å². The van der Waals surface area contributed by atoms with E-state index in [-0.39, 0.29) is 5.91 Å². The first-order chi connectivity index (χ1) is 13.7. The fraction of sp³-hybridized carbons (Fsp3) is 0.500. The summed E-state index contributed by atoms with van der Waals surface area (Å²) in [5, 5.41) is 0.728. The number of nitrogens with zero attached hydrogens (tertiary/aromatic N) is 4. The van der Waals surface area contributed by atoms with E-state index in [0.29, 0.717) is 19.0 Å². The minimum atomic E-state index is -0.536. The lowest BCUT2D eigenvalue weighted by molar-refractivity contribution is -0.139. The van der Waals surface area contributed by atoms with Crippen molar-refractivity contribution >= 4 is 34.9 Å². The second kappa shape index (κ2) is 8.88. The summed E-state index contributed by atoms with van der Waals surface area (Å²) in [7, 11) is 0. The maximum absolute atomic E-state index is 12.7. The van der Waals surface area contributed by atoms with Gasteiger partial charge in [-0.3, -0.25) is 4.79 Å². The standard InChI is InChI=1S/C22H28Cl2N4O/c1-15-19(13-17-5-7-18(24)8-6-17)20(26-16(2)25-15)27-9-11-28(12-10-27)21(29)22(3,4)14-23/h5-8H,9-14H2,1-4H3. The maximum Gasteiger partial charge on any atom is 0.229 e. The van der Waals surface area contributed by atoms with Gasteiger partial charge in [0.25, 0.3) is 0 Å².